The summed E-state index contributed by atoms with van der Waals surface area (Å²) in [6, 6.07) is 8.09. The summed E-state index contributed by atoms with van der Waals surface area (Å²) in [5.74, 6) is 1.68. The lowest BCUT2D eigenvalue weighted by Gasteiger charge is -2.17. The number of aromatic nitrogens is 4. The fraction of sp³-hybridized carbons (Fsp3) is 0.409. The van der Waals surface area contributed by atoms with Crippen molar-refractivity contribution >= 4 is 5.91 Å². The highest BCUT2D eigenvalue weighted by Gasteiger charge is 2.23. The standard InChI is InChI=1S/C22H28N6O/c1-26(13-19-12-25-27(2)14-19)22(29)20-5-3-4-17(11-20)10-18-6-9-28(15-18)16-21-23-7-8-24-21/h3-5,7-8,11-12,14,18H,6,9-10,13,15-16H2,1-2H3,(H,23,24). The van der Waals surface area contributed by atoms with E-state index in [9.17, 15) is 4.79 Å². The fourth-order valence-corrected chi connectivity index (χ4v) is 4.10. The largest absolute Gasteiger partial charge is 0.348 e. The Bertz CT molecular complexity index is 948. The first-order chi connectivity index (χ1) is 14.1. The predicted molar refractivity (Wildman–Crippen MR) is 111 cm³/mol. The van der Waals surface area contributed by atoms with E-state index >= 15 is 0 Å². The Balaban J connectivity index is 1.34. The number of nitrogens with one attached hydrogen (secondary N) is 1. The molecule has 1 N–H and O–H groups in total. The van der Waals surface area contributed by atoms with Gasteiger partial charge in [-0.15, -0.1) is 0 Å². The molecule has 0 bridgehead atoms. The maximum atomic E-state index is 12.9. The van der Waals surface area contributed by atoms with Crippen LogP contribution in [0.5, 0.6) is 0 Å². The van der Waals surface area contributed by atoms with Crippen molar-refractivity contribution < 1.29 is 4.79 Å². The van der Waals surface area contributed by atoms with Crippen LogP contribution in [0.4, 0.5) is 0 Å². The summed E-state index contributed by atoms with van der Waals surface area (Å²) in [6.07, 6.45) is 9.60. The summed E-state index contributed by atoms with van der Waals surface area (Å²) in [6.45, 7) is 3.60. The van der Waals surface area contributed by atoms with Crippen molar-refractivity contribution in [2.24, 2.45) is 13.0 Å². The molecule has 1 amide bonds. The van der Waals surface area contributed by atoms with E-state index in [0.29, 0.717) is 12.5 Å². The highest BCUT2D eigenvalue weighted by atomic mass is 16.2. The smallest absolute Gasteiger partial charge is 0.253 e. The number of carbonyl (C=O) groups is 1. The number of rotatable bonds is 7. The number of imidazole rings is 1. The van der Waals surface area contributed by atoms with Gasteiger partial charge >= 0.3 is 0 Å². The van der Waals surface area contributed by atoms with Gasteiger partial charge in [0.1, 0.15) is 5.82 Å². The number of nitrogens with zero attached hydrogens (tertiary/aromatic N) is 5. The van der Waals surface area contributed by atoms with Crippen LogP contribution in [0.15, 0.2) is 49.1 Å². The van der Waals surface area contributed by atoms with Crippen LogP contribution in [0, 0.1) is 5.92 Å². The number of carbonyl (C=O) groups excluding carboxylic acids is 1. The SMILES string of the molecule is CN(Cc1cnn(C)c1)C(=O)c1cccc(CC2CCN(Cc3ncc[nH]3)C2)c1. The van der Waals surface area contributed by atoms with E-state index in [2.05, 4.69) is 32.1 Å². The van der Waals surface area contributed by atoms with Gasteiger partial charge in [0.15, 0.2) is 0 Å². The second kappa shape index (κ2) is 8.61. The topological polar surface area (TPSA) is 70.1 Å². The number of hydrogen-bond donors (Lipinski definition) is 1. The van der Waals surface area contributed by atoms with Crippen molar-refractivity contribution in [1.29, 1.82) is 0 Å². The lowest BCUT2D eigenvalue weighted by Crippen LogP contribution is -2.26. The summed E-state index contributed by atoms with van der Waals surface area (Å²) in [5.41, 5.74) is 3.01. The molecule has 7 nitrogen and oxygen atoms in total. The highest BCUT2D eigenvalue weighted by molar-refractivity contribution is 5.94. The predicted octanol–water partition coefficient (Wildman–Crippen LogP) is 2.48. The minimum absolute atomic E-state index is 0.0431. The van der Waals surface area contributed by atoms with Crippen LogP contribution in [-0.2, 0) is 26.6 Å². The maximum Gasteiger partial charge on any atom is 0.253 e. The number of amides is 1. The van der Waals surface area contributed by atoms with E-state index in [1.54, 1.807) is 22.0 Å². The molecule has 0 aliphatic carbocycles. The van der Waals surface area contributed by atoms with E-state index in [1.807, 2.05) is 38.6 Å². The highest BCUT2D eigenvalue weighted by Crippen LogP contribution is 2.22. The second-order valence-corrected chi connectivity index (χ2v) is 8.01. The summed E-state index contributed by atoms with van der Waals surface area (Å²) < 4.78 is 1.76. The summed E-state index contributed by atoms with van der Waals surface area (Å²) in [4.78, 5) is 24.5. The van der Waals surface area contributed by atoms with Crippen LogP contribution >= 0.6 is 0 Å². The summed E-state index contributed by atoms with van der Waals surface area (Å²) >= 11 is 0. The minimum Gasteiger partial charge on any atom is -0.348 e. The van der Waals surface area contributed by atoms with E-state index in [4.69, 9.17) is 0 Å². The zero-order chi connectivity index (χ0) is 20.2. The maximum absolute atomic E-state index is 12.9. The number of H-pyrrole nitrogens is 1. The Hall–Kier alpha value is -2.93. The number of aryl methyl sites for hydroxylation is 1. The zero-order valence-corrected chi connectivity index (χ0v) is 17.1. The molecule has 2 aromatic heterocycles. The lowest BCUT2D eigenvalue weighted by molar-refractivity contribution is 0.0785. The van der Waals surface area contributed by atoms with Gasteiger partial charge in [-0.05, 0) is 43.0 Å². The molecular formula is C22H28N6O. The van der Waals surface area contributed by atoms with Crippen LogP contribution in [-0.4, -0.2) is 55.6 Å². The molecule has 3 aromatic rings. The molecule has 0 saturated carbocycles. The fourth-order valence-electron chi connectivity index (χ4n) is 4.10. The van der Waals surface area contributed by atoms with Gasteiger partial charge in [0.25, 0.3) is 5.91 Å². The summed E-state index contributed by atoms with van der Waals surface area (Å²) in [5, 5.41) is 4.17. The molecule has 3 heterocycles. The van der Waals surface area contributed by atoms with Gasteiger partial charge < -0.3 is 9.88 Å². The monoisotopic (exact) mass is 392 g/mol. The third-order valence-corrected chi connectivity index (χ3v) is 5.52. The van der Waals surface area contributed by atoms with Crippen molar-refractivity contribution in [3.05, 3.63) is 71.6 Å². The molecule has 0 spiro atoms. The van der Waals surface area contributed by atoms with Crippen LogP contribution in [0.25, 0.3) is 0 Å². The first-order valence-corrected chi connectivity index (χ1v) is 10.1. The van der Waals surface area contributed by atoms with Crippen molar-refractivity contribution in [2.45, 2.75) is 25.9 Å². The lowest BCUT2D eigenvalue weighted by atomic mass is 9.97. The van der Waals surface area contributed by atoms with Gasteiger partial charge in [0.2, 0.25) is 0 Å². The number of hydrogen-bond acceptors (Lipinski definition) is 4. The van der Waals surface area contributed by atoms with Crippen LogP contribution in [0.3, 0.4) is 0 Å². The molecule has 1 atom stereocenters. The van der Waals surface area contributed by atoms with Gasteiger partial charge in [-0.25, -0.2) is 4.98 Å². The Labute approximate surface area is 171 Å². The normalized spacial score (nSPS) is 17.0. The molecule has 1 fully saturated rings. The van der Waals surface area contributed by atoms with Gasteiger partial charge in [-0.3, -0.25) is 14.4 Å². The molecule has 152 valence electrons. The average molecular weight is 393 g/mol. The number of benzene rings is 1. The molecule has 1 aromatic carbocycles. The third kappa shape index (κ3) is 4.92. The van der Waals surface area contributed by atoms with Crippen LogP contribution in [0.2, 0.25) is 0 Å². The molecule has 0 radical (unpaired) electrons. The van der Waals surface area contributed by atoms with Crippen LogP contribution in [0.1, 0.15) is 33.7 Å². The van der Waals surface area contributed by atoms with Crippen molar-refractivity contribution in [1.82, 2.24) is 29.5 Å². The van der Waals surface area contributed by atoms with Gasteiger partial charge in [-0.1, -0.05) is 12.1 Å². The second-order valence-electron chi connectivity index (χ2n) is 8.01. The van der Waals surface area contributed by atoms with E-state index in [0.717, 1.165) is 43.0 Å². The molecule has 1 aliphatic rings. The van der Waals surface area contributed by atoms with Gasteiger partial charge in [-0.2, -0.15) is 5.10 Å². The molecule has 1 aliphatic heterocycles. The Morgan fingerprint density at radius 1 is 1.34 bits per heavy atom. The first kappa shape index (κ1) is 19.4. The van der Waals surface area contributed by atoms with Gasteiger partial charge in [0, 0.05) is 56.9 Å². The van der Waals surface area contributed by atoms with E-state index in [1.165, 1.54) is 12.0 Å². The van der Waals surface area contributed by atoms with Crippen LogP contribution < -0.4 is 0 Å². The van der Waals surface area contributed by atoms with Gasteiger partial charge in [0.05, 0.1) is 12.7 Å². The minimum atomic E-state index is 0.0431. The Morgan fingerprint density at radius 2 is 2.24 bits per heavy atom. The molecule has 7 heteroatoms. The molecular weight excluding hydrogens is 364 g/mol. The van der Waals surface area contributed by atoms with Crippen molar-refractivity contribution in [3.63, 3.8) is 0 Å². The quantitative estimate of drug-likeness (QED) is 0.671. The number of aromatic amines is 1. The average Bonchev–Trinajstić information content (AvgIpc) is 3.46. The first-order valence-electron chi connectivity index (χ1n) is 10.1. The van der Waals surface area contributed by atoms with E-state index in [-0.39, 0.29) is 5.91 Å². The van der Waals surface area contributed by atoms with Crippen molar-refractivity contribution in [2.75, 3.05) is 20.1 Å². The summed E-state index contributed by atoms with van der Waals surface area (Å²) in [7, 11) is 3.72. The van der Waals surface area contributed by atoms with E-state index < -0.39 is 0 Å². The molecule has 29 heavy (non-hydrogen) atoms. The Kier molecular flexibility index (Phi) is 5.76. The Morgan fingerprint density at radius 3 is 3.00 bits per heavy atom. The zero-order valence-electron chi connectivity index (χ0n) is 17.1. The molecule has 1 saturated heterocycles. The molecule has 1 unspecified atom stereocenters. The molecule has 4 rings (SSSR count). The number of likely N-dealkylation sites (tertiary alicyclic amines) is 1. The third-order valence-electron chi connectivity index (χ3n) is 5.52. The van der Waals surface area contributed by atoms with Crippen molar-refractivity contribution in [3.8, 4) is 0 Å².